The molecule has 1 atom stereocenters. The highest BCUT2D eigenvalue weighted by Gasteiger charge is 2.06. The maximum Gasteiger partial charge on any atom is 0.268 e. The molecule has 0 bridgehead atoms. The van der Waals surface area contributed by atoms with Crippen LogP contribution in [0.25, 0.3) is 10.2 Å². The highest BCUT2D eigenvalue weighted by molar-refractivity contribution is 7.98. The Morgan fingerprint density at radius 3 is 3.24 bits per heavy atom. The van der Waals surface area contributed by atoms with Gasteiger partial charge in [0.25, 0.3) is 5.56 Å². The first-order valence-corrected chi connectivity index (χ1v) is 7.54. The van der Waals surface area contributed by atoms with Gasteiger partial charge in [-0.3, -0.25) is 4.79 Å². The summed E-state index contributed by atoms with van der Waals surface area (Å²) in [5.74, 6) is 2.32. The van der Waals surface area contributed by atoms with Gasteiger partial charge in [0.15, 0.2) is 0 Å². The topological polar surface area (TPSA) is 71.8 Å². The van der Waals surface area contributed by atoms with Crippen LogP contribution in [0.3, 0.4) is 0 Å². The van der Waals surface area contributed by atoms with Crippen molar-refractivity contribution in [3.63, 3.8) is 0 Å². The monoisotopic (exact) mass is 269 g/mol. The summed E-state index contributed by atoms with van der Waals surface area (Å²) in [7, 11) is 0. The molecule has 0 amide bonds. The summed E-state index contributed by atoms with van der Waals surface area (Å²) < 4.78 is 0.698. The van der Waals surface area contributed by atoms with Crippen LogP contribution in [0.2, 0.25) is 0 Å². The van der Waals surface area contributed by atoms with Crippen molar-refractivity contribution in [3.05, 3.63) is 27.6 Å². The predicted molar refractivity (Wildman–Crippen MR) is 74.7 cm³/mol. The van der Waals surface area contributed by atoms with E-state index in [1.807, 2.05) is 11.4 Å². The Labute approximate surface area is 108 Å². The molecule has 92 valence electrons. The molecule has 2 rings (SSSR count). The first-order valence-electron chi connectivity index (χ1n) is 5.50. The largest absolute Gasteiger partial charge is 0.327 e. The highest BCUT2D eigenvalue weighted by Crippen LogP contribution is 2.16. The Hall–Kier alpha value is -0.850. The van der Waals surface area contributed by atoms with Gasteiger partial charge < -0.3 is 10.7 Å². The number of thiophene rings is 1. The summed E-state index contributed by atoms with van der Waals surface area (Å²) in [4.78, 5) is 18.9. The molecule has 17 heavy (non-hydrogen) atoms. The number of nitrogens with two attached hydrogens (primary N) is 1. The maximum absolute atomic E-state index is 11.7. The smallest absolute Gasteiger partial charge is 0.268 e. The number of fused-ring (bicyclic) bond motifs is 1. The van der Waals surface area contributed by atoms with Gasteiger partial charge in [0, 0.05) is 11.8 Å². The normalized spacial score (nSPS) is 13.1. The lowest BCUT2D eigenvalue weighted by Crippen LogP contribution is -2.21. The van der Waals surface area contributed by atoms with Crippen molar-refractivity contribution < 1.29 is 0 Å². The minimum absolute atomic E-state index is 0.0413. The van der Waals surface area contributed by atoms with Crippen LogP contribution in [-0.4, -0.2) is 21.8 Å². The van der Waals surface area contributed by atoms with Gasteiger partial charge in [0.1, 0.15) is 10.5 Å². The molecule has 2 aromatic rings. The van der Waals surface area contributed by atoms with Crippen LogP contribution in [-0.2, 0) is 5.75 Å². The van der Waals surface area contributed by atoms with Crippen LogP contribution in [0, 0.1) is 0 Å². The summed E-state index contributed by atoms with van der Waals surface area (Å²) >= 11 is 3.13. The zero-order chi connectivity index (χ0) is 12.3. The predicted octanol–water partition coefficient (Wildman–Crippen LogP) is 1.96. The Morgan fingerprint density at radius 1 is 1.65 bits per heavy atom. The Kier molecular flexibility index (Phi) is 4.20. The van der Waals surface area contributed by atoms with Gasteiger partial charge in [0.2, 0.25) is 0 Å². The lowest BCUT2D eigenvalue weighted by molar-refractivity contribution is 0.724. The van der Waals surface area contributed by atoms with Crippen LogP contribution < -0.4 is 11.3 Å². The second-order valence-electron chi connectivity index (χ2n) is 3.83. The number of H-pyrrole nitrogens is 1. The van der Waals surface area contributed by atoms with Gasteiger partial charge in [-0.15, -0.1) is 11.3 Å². The van der Waals surface area contributed by atoms with Gasteiger partial charge in [-0.1, -0.05) is 6.92 Å². The van der Waals surface area contributed by atoms with Crippen LogP contribution in [0.1, 0.15) is 19.2 Å². The SMILES string of the molecule is CCC(N)CSCc1nc2ccsc2c(=O)[nH]1. The summed E-state index contributed by atoms with van der Waals surface area (Å²) in [5.41, 5.74) is 6.57. The number of nitrogens with one attached hydrogen (secondary N) is 1. The number of nitrogens with zero attached hydrogens (tertiary/aromatic N) is 1. The van der Waals surface area contributed by atoms with E-state index in [2.05, 4.69) is 16.9 Å². The number of aromatic nitrogens is 2. The molecule has 2 heterocycles. The fourth-order valence-electron chi connectivity index (χ4n) is 1.41. The van der Waals surface area contributed by atoms with Crippen molar-refractivity contribution in [3.8, 4) is 0 Å². The third-order valence-electron chi connectivity index (χ3n) is 2.46. The zero-order valence-corrected chi connectivity index (χ0v) is 11.2. The Balaban J connectivity index is 2.06. The van der Waals surface area contributed by atoms with Gasteiger partial charge >= 0.3 is 0 Å². The molecule has 0 radical (unpaired) electrons. The van der Waals surface area contributed by atoms with Crippen LogP contribution in [0.4, 0.5) is 0 Å². The molecule has 1 unspecified atom stereocenters. The van der Waals surface area contributed by atoms with Gasteiger partial charge in [-0.2, -0.15) is 11.8 Å². The lowest BCUT2D eigenvalue weighted by Gasteiger charge is -2.07. The number of rotatable bonds is 5. The first kappa shape index (κ1) is 12.6. The molecule has 0 aliphatic rings. The molecule has 0 aromatic carbocycles. The Morgan fingerprint density at radius 2 is 2.47 bits per heavy atom. The number of thioether (sulfide) groups is 1. The molecule has 0 aliphatic heterocycles. The molecular formula is C11H15N3OS2. The molecule has 3 N–H and O–H groups in total. The standard InChI is InChI=1S/C11H15N3OS2/c1-2-7(12)5-16-6-9-13-8-3-4-17-10(8)11(15)14-9/h3-4,7H,2,5-6,12H2,1H3,(H,13,14,15). The molecule has 0 spiro atoms. The van der Waals surface area contributed by atoms with Crippen LogP contribution in [0.15, 0.2) is 16.2 Å². The van der Waals surface area contributed by atoms with E-state index < -0.39 is 0 Å². The molecule has 0 fully saturated rings. The van der Waals surface area contributed by atoms with E-state index >= 15 is 0 Å². The number of hydrogen-bond acceptors (Lipinski definition) is 5. The van der Waals surface area contributed by atoms with Crippen molar-refractivity contribution in [1.29, 1.82) is 0 Å². The fraction of sp³-hybridized carbons (Fsp3) is 0.455. The van der Waals surface area contributed by atoms with Crippen LogP contribution >= 0.6 is 23.1 Å². The Bertz CT molecular complexity index is 549. The third kappa shape index (κ3) is 3.08. The van der Waals surface area contributed by atoms with E-state index in [4.69, 9.17) is 5.73 Å². The molecule has 0 aliphatic carbocycles. The maximum atomic E-state index is 11.7. The molecule has 2 aromatic heterocycles. The number of aromatic amines is 1. The quantitative estimate of drug-likeness (QED) is 0.870. The van der Waals surface area contributed by atoms with Crippen molar-refractivity contribution in [2.75, 3.05) is 5.75 Å². The first-order chi connectivity index (χ1) is 8.20. The molecule has 0 saturated carbocycles. The van der Waals surface area contributed by atoms with Crippen LogP contribution in [0.5, 0.6) is 0 Å². The van der Waals surface area contributed by atoms with Gasteiger partial charge in [-0.05, 0) is 17.9 Å². The molecule has 4 nitrogen and oxygen atoms in total. The molecule has 6 heteroatoms. The molecule has 0 saturated heterocycles. The lowest BCUT2D eigenvalue weighted by atomic mass is 10.3. The minimum atomic E-state index is -0.0413. The van der Waals surface area contributed by atoms with E-state index in [0.717, 1.165) is 23.5 Å². The van der Waals surface area contributed by atoms with E-state index in [0.29, 0.717) is 10.5 Å². The van der Waals surface area contributed by atoms with Crippen molar-refractivity contribution in [2.45, 2.75) is 25.1 Å². The van der Waals surface area contributed by atoms with E-state index in [1.54, 1.807) is 11.8 Å². The minimum Gasteiger partial charge on any atom is -0.327 e. The van der Waals surface area contributed by atoms with E-state index in [1.165, 1.54) is 11.3 Å². The van der Waals surface area contributed by atoms with E-state index in [-0.39, 0.29) is 11.6 Å². The fourth-order valence-corrected chi connectivity index (χ4v) is 3.13. The van der Waals surface area contributed by atoms with Crippen molar-refractivity contribution >= 4 is 33.3 Å². The average molecular weight is 269 g/mol. The second-order valence-corrected chi connectivity index (χ2v) is 5.78. The van der Waals surface area contributed by atoms with Gasteiger partial charge in [-0.25, -0.2) is 4.98 Å². The van der Waals surface area contributed by atoms with E-state index in [9.17, 15) is 4.79 Å². The van der Waals surface area contributed by atoms with Gasteiger partial charge in [0.05, 0.1) is 11.3 Å². The zero-order valence-electron chi connectivity index (χ0n) is 9.60. The summed E-state index contributed by atoms with van der Waals surface area (Å²) in [6, 6.07) is 2.10. The summed E-state index contributed by atoms with van der Waals surface area (Å²) in [6.45, 7) is 2.07. The second kappa shape index (κ2) is 5.66. The average Bonchev–Trinajstić information content (AvgIpc) is 2.77. The summed E-state index contributed by atoms with van der Waals surface area (Å²) in [6.07, 6.45) is 0.973. The molecular weight excluding hydrogens is 254 g/mol. The van der Waals surface area contributed by atoms with Crippen molar-refractivity contribution in [1.82, 2.24) is 9.97 Å². The highest BCUT2D eigenvalue weighted by atomic mass is 32.2. The van der Waals surface area contributed by atoms with Crippen molar-refractivity contribution in [2.24, 2.45) is 5.73 Å². The summed E-state index contributed by atoms with van der Waals surface area (Å²) in [5, 5.41) is 1.89. The third-order valence-corrected chi connectivity index (χ3v) is 4.50. The number of hydrogen-bond donors (Lipinski definition) is 2.